The molecule has 1 unspecified atom stereocenters. The topological polar surface area (TPSA) is 54.5 Å². The number of nitrogens with zero attached hydrogens (tertiary/aromatic N) is 1. The SMILES string of the molecule is CC(C)C(=O)CCN1C(=O)CC(C)C1=O. The number of Topliss-reactive ketones (excluding diaryl/α,β-unsaturated/α-hetero) is 1. The number of rotatable bonds is 4. The fourth-order valence-electron chi connectivity index (χ4n) is 1.59. The molecule has 0 saturated carbocycles. The Bertz CT molecular complexity index is 296. The monoisotopic (exact) mass is 211 g/mol. The minimum absolute atomic E-state index is 0.0322. The van der Waals surface area contributed by atoms with Crippen molar-refractivity contribution in [3.63, 3.8) is 0 Å². The molecule has 0 aromatic carbocycles. The van der Waals surface area contributed by atoms with Crippen LogP contribution in [0.15, 0.2) is 0 Å². The molecule has 1 fully saturated rings. The van der Waals surface area contributed by atoms with Crippen molar-refractivity contribution in [3.8, 4) is 0 Å². The Labute approximate surface area is 89.6 Å². The molecule has 1 aliphatic rings. The number of hydrogen-bond donors (Lipinski definition) is 0. The van der Waals surface area contributed by atoms with Gasteiger partial charge in [0.1, 0.15) is 5.78 Å². The molecule has 0 aromatic rings. The molecule has 4 heteroatoms. The first-order valence-electron chi connectivity index (χ1n) is 5.30. The number of carbonyl (C=O) groups excluding carboxylic acids is 3. The molecule has 1 saturated heterocycles. The van der Waals surface area contributed by atoms with E-state index >= 15 is 0 Å². The lowest BCUT2D eigenvalue weighted by atomic mass is 10.1. The Morgan fingerprint density at radius 2 is 2.07 bits per heavy atom. The van der Waals surface area contributed by atoms with Crippen LogP contribution in [0.1, 0.15) is 33.6 Å². The lowest BCUT2D eigenvalue weighted by Crippen LogP contribution is -2.32. The first-order chi connectivity index (χ1) is 6.93. The summed E-state index contributed by atoms with van der Waals surface area (Å²) in [7, 11) is 0. The van der Waals surface area contributed by atoms with E-state index in [1.165, 1.54) is 4.90 Å². The number of carbonyl (C=O) groups is 3. The van der Waals surface area contributed by atoms with Crippen molar-refractivity contribution in [3.05, 3.63) is 0 Å². The first kappa shape index (κ1) is 11.9. The van der Waals surface area contributed by atoms with E-state index < -0.39 is 0 Å². The van der Waals surface area contributed by atoms with Crippen LogP contribution in [-0.2, 0) is 14.4 Å². The van der Waals surface area contributed by atoms with Gasteiger partial charge in [0, 0.05) is 31.2 Å². The summed E-state index contributed by atoms with van der Waals surface area (Å²) < 4.78 is 0. The largest absolute Gasteiger partial charge is 0.299 e. The molecule has 0 aliphatic carbocycles. The number of ketones is 1. The molecule has 1 rings (SSSR count). The van der Waals surface area contributed by atoms with Crippen molar-refractivity contribution < 1.29 is 14.4 Å². The van der Waals surface area contributed by atoms with Crippen molar-refractivity contribution in [2.75, 3.05) is 6.54 Å². The summed E-state index contributed by atoms with van der Waals surface area (Å²) in [5.74, 6) is -0.447. The van der Waals surface area contributed by atoms with Crippen LogP contribution < -0.4 is 0 Å². The van der Waals surface area contributed by atoms with Crippen molar-refractivity contribution in [2.24, 2.45) is 11.8 Å². The Balaban J connectivity index is 2.49. The molecule has 0 aromatic heterocycles. The summed E-state index contributed by atoms with van der Waals surface area (Å²) in [6.07, 6.45) is 0.566. The first-order valence-corrected chi connectivity index (χ1v) is 5.30. The van der Waals surface area contributed by atoms with Gasteiger partial charge in [0.05, 0.1) is 0 Å². The highest BCUT2D eigenvalue weighted by atomic mass is 16.2. The van der Waals surface area contributed by atoms with Crippen molar-refractivity contribution in [1.82, 2.24) is 4.90 Å². The molecule has 1 heterocycles. The molecule has 0 radical (unpaired) electrons. The molecule has 0 spiro atoms. The number of imide groups is 1. The van der Waals surface area contributed by atoms with E-state index in [9.17, 15) is 14.4 Å². The molecule has 15 heavy (non-hydrogen) atoms. The third kappa shape index (κ3) is 2.64. The van der Waals surface area contributed by atoms with E-state index in [-0.39, 0.29) is 48.8 Å². The van der Waals surface area contributed by atoms with Gasteiger partial charge < -0.3 is 0 Å². The highest BCUT2D eigenvalue weighted by molar-refractivity contribution is 6.03. The summed E-state index contributed by atoms with van der Waals surface area (Å²) in [4.78, 5) is 35.4. The molecule has 1 atom stereocenters. The second kappa shape index (κ2) is 4.55. The normalized spacial score (nSPS) is 21.6. The Hall–Kier alpha value is -1.19. The quantitative estimate of drug-likeness (QED) is 0.652. The number of amides is 2. The fraction of sp³-hybridized carbons (Fsp3) is 0.727. The maximum atomic E-state index is 11.5. The second-order valence-electron chi connectivity index (χ2n) is 4.36. The van der Waals surface area contributed by atoms with Crippen LogP contribution in [0.2, 0.25) is 0 Å². The zero-order valence-corrected chi connectivity index (χ0v) is 9.45. The number of likely N-dealkylation sites (tertiary alicyclic amines) is 1. The van der Waals surface area contributed by atoms with Gasteiger partial charge in [-0.15, -0.1) is 0 Å². The van der Waals surface area contributed by atoms with Crippen LogP contribution in [0.25, 0.3) is 0 Å². The Morgan fingerprint density at radius 3 is 2.47 bits per heavy atom. The van der Waals surface area contributed by atoms with Crippen LogP contribution in [0.3, 0.4) is 0 Å². The average molecular weight is 211 g/mol. The van der Waals surface area contributed by atoms with Crippen LogP contribution in [0.4, 0.5) is 0 Å². The predicted octanol–water partition coefficient (Wildman–Crippen LogP) is 0.997. The standard InChI is InChI=1S/C11H17NO3/c1-7(2)9(13)4-5-12-10(14)6-8(3)11(12)15/h7-8H,4-6H2,1-3H3. The van der Waals surface area contributed by atoms with Gasteiger partial charge in [-0.3, -0.25) is 19.3 Å². The summed E-state index contributed by atoms with van der Waals surface area (Å²) in [5.41, 5.74) is 0. The maximum Gasteiger partial charge on any atom is 0.232 e. The van der Waals surface area contributed by atoms with Crippen molar-refractivity contribution in [2.45, 2.75) is 33.6 Å². The Morgan fingerprint density at radius 1 is 1.47 bits per heavy atom. The third-order valence-corrected chi connectivity index (χ3v) is 2.70. The van der Waals surface area contributed by atoms with Crippen molar-refractivity contribution in [1.29, 1.82) is 0 Å². The lowest BCUT2D eigenvalue weighted by molar-refractivity contribution is -0.139. The highest BCUT2D eigenvalue weighted by Crippen LogP contribution is 2.19. The van der Waals surface area contributed by atoms with Gasteiger partial charge in [0.25, 0.3) is 0 Å². The summed E-state index contributed by atoms with van der Waals surface area (Å²) in [6.45, 7) is 5.63. The van der Waals surface area contributed by atoms with E-state index in [0.29, 0.717) is 0 Å². The molecular formula is C11H17NO3. The number of hydrogen-bond acceptors (Lipinski definition) is 3. The molecule has 0 N–H and O–H groups in total. The summed E-state index contributed by atoms with van der Waals surface area (Å²) >= 11 is 0. The highest BCUT2D eigenvalue weighted by Gasteiger charge is 2.35. The van der Waals surface area contributed by atoms with Gasteiger partial charge >= 0.3 is 0 Å². The molecular weight excluding hydrogens is 194 g/mol. The van der Waals surface area contributed by atoms with Gasteiger partial charge in [0.15, 0.2) is 0 Å². The van der Waals surface area contributed by atoms with Crippen LogP contribution in [-0.4, -0.2) is 29.0 Å². The minimum Gasteiger partial charge on any atom is -0.299 e. The van der Waals surface area contributed by atoms with E-state index in [0.717, 1.165) is 0 Å². The lowest BCUT2D eigenvalue weighted by Gasteiger charge is -2.14. The third-order valence-electron chi connectivity index (χ3n) is 2.70. The van der Waals surface area contributed by atoms with Crippen LogP contribution in [0, 0.1) is 11.8 Å². The Kier molecular flexibility index (Phi) is 3.61. The van der Waals surface area contributed by atoms with Gasteiger partial charge in [-0.25, -0.2) is 0 Å². The molecule has 84 valence electrons. The van der Waals surface area contributed by atoms with Crippen LogP contribution >= 0.6 is 0 Å². The molecule has 4 nitrogen and oxygen atoms in total. The zero-order chi connectivity index (χ0) is 11.6. The van der Waals surface area contributed by atoms with Gasteiger partial charge in [-0.05, 0) is 0 Å². The van der Waals surface area contributed by atoms with Gasteiger partial charge in [0.2, 0.25) is 11.8 Å². The van der Waals surface area contributed by atoms with Gasteiger partial charge in [-0.1, -0.05) is 20.8 Å². The maximum absolute atomic E-state index is 11.5. The smallest absolute Gasteiger partial charge is 0.232 e. The van der Waals surface area contributed by atoms with E-state index in [1.54, 1.807) is 6.92 Å². The molecule has 1 aliphatic heterocycles. The van der Waals surface area contributed by atoms with Gasteiger partial charge in [-0.2, -0.15) is 0 Å². The van der Waals surface area contributed by atoms with Crippen LogP contribution in [0.5, 0.6) is 0 Å². The van der Waals surface area contributed by atoms with E-state index in [1.807, 2.05) is 13.8 Å². The predicted molar refractivity (Wildman–Crippen MR) is 55.0 cm³/mol. The fourth-order valence-corrected chi connectivity index (χ4v) is 1.59. The zero-order valence-electron chi connectivity index (χ0n) is 9.45. The molecule has 0 bridgehead atoms. The summed E-state index contributed by atoms with van der Waals surface area (Å²) in [5, 5.41) is 0. The van der Waals surface area contributed by atoms with E-state index in [4.69, 9.17) is 0 Å². The summed E-state index contributed by atoms with van der Waals surface area (Å²) in [6, 6.07) is 0. The average Bonchev–Trinajstić information content (AvgIpc) is 2.38. The minimum atomic E-state index is -0.216. The van der Waals surface area contributed by atoms with Crippen molar-refractivity contribution >= 4 is 17.6 Å². The van der Waals surface area contributed by atoms with E-state index in [2.05, 4.69) is 0 Å². The molecule has 2 amide bonds. The second-order valence-corrected chi connectivity index (χ2v) is 4.36.